The van der Waals surface area contributed by atoms with Crippen molar-refractivity contribution in [2.24, 2.45) is 0 Å². The zero-order valence-corrected chi connectivity index (χ0v) is 27.0. The highest BCUT2D eigenvalue weighted by atomic mass is 16.6. The van der Waals surface area contributed by atoms with Gasteiger partial charge in [0.15, 0.2) is 5.78 Å². The van der Waals surface area contributed by atoms with E-state index in [4.69, 9.17) is 18.9 Å². The number of amides is 4. The van der Waals surface area contributed by atoms with Crippen LogP contribution < -0.4 is 0 Å². The van der Waals surface area contributed by atoms with Crippen molar-refractivity contribution in [2.75, 3.05) is 26.2 Å². The number of aliphatic hydroxyl groups is 1. The Hall–Kier alpha value is -4.85. The number of carbonyl (C=O) groups is 5. The Bertz CT molecular complexity index is 1360. The van der Waals surface area contributed by atoms with Crippen molar-refractivity contribution in [1.29, 1.82) is 0 Å². The van der Waals surface area contributed by atoms with E-state index in [2.05, 4.69) is 0 Å². The summed E-state index contributed by atoms with van der Waals surface area (Å²) < 4.78 is 20.8. The van der Waals surface area contributed by atoms with E-state index in [9.17, 15) is 29.1 Å². The van der Waals surface area contributed by atoms with E-state index in [-0.39, 0.29) is 45.2 Å². The number of β-amino-alcohol motifs (C(OH)–C–C–N with tert-alkyl or cyclic N) is 1. The molecule has 1 atom stereocenters. The second kappa shape index (κ2) is 15.4. The fourth-order valence-corrected chi connectivity index (χ4v) is 4.10. The van der Waals surface area contributed by atoms with Gasteiger partial charge in [-0.1, -0.05) is 60.7 Å². The molecule has 2 aromatic carbocycles. The SMILES string of the molecule is CC(C)(C)OC(=O)N1CC(=O)CN1C(=O)OCc1ccccc1.CC(C)(C)OC(=O)N1CC(O)CN1C(=O)OCc1ccccc1. The third-order valence-corrected chi connectivity index (χ3v) is 6.04. The van der Waals surface area contributed by atoms with E-state index in [1.165, 1.54) is 0 Å². The van der Waals surface area contributed by atoms with Gasteiger partial charge >= 0.3 is 24.4 Å². The number of ether oxygens (including phenoxy) is 4. The quantitative estimate of drug-likeness (QED) is 0.471. The van der Waals surface area contributed by atoms with E-state index in [1.54, 1.807) is 41.5 Å². The average Bonchev–Trinajstić information content (AvgIpc) is 3.57. The van der Waals surface area contributed by atoms with E-state index in [0.29, 0.717) is 0 Å². The van der Waals surface area contributed by atoms with Crippen LogP contribution >= 0.6 is 0 Å². The van der Waals surface area contributed by atoms with Crippen LogP contribution in [0.2, 0.25) is 0 Å². The first kappa shape index (κ1) is 35.6. The molecule has 2 heterocycles. The van der Waals surface area contributed by atoms with Gasteiger partial charge < -0.3 is 24.1 Å². The maximum atomic E-state index is 12.2. The van der Waals surface area contributed by atoms with E-state index >= 15 is 0 Å². The van der Waals surface area contributed by atoms with Gasteiger partial charge in [0.25, 0.3) is 0 Å². The molecule has 0 radical (unpaired) electrons. The standard InChI is InChI=1S/C16H22N2O5.C16H20N2O5/c2*1-16(2,3)23-15(21)18-10-13(19)9-17(18)14(20)22-11-12-7-5-4-6-8-12/h4-8,13,19H,9-11H2,1-3H3;4-8H,9-11H2,1-3H3. The molecule has 14 heteroatoms. The Labute approximate surface area is 268 Å². The van der Waals surface area contributed by atoms with Crippen molar-refractivity contribution >= 4 is 30.2 Å². The minimum absolute atomic E-state index is 0.00461. The molecule has 4 rings (SSSR count). The second-order valence-corrected chi connectivity index (χ2v) is 12.5. The fourth-order valence-electron chi connectivity index (χ4n) is 4.10. The van der Waals surface area contributed by atoms with Crippen molar-refractivity contribution in [1.82, 2.24) is 20.0 Å². The summed E-state index contributed by atoms with van der Waals surface area (Å²) >= 11 is 0. The molecule has 0 bridgehead atoms. The molecule has 0 spiro atoms. The summed E-state index contributed by atoms with van der Waals surface area (Å²) in [6, 6.07) is 18.4. The molecule has 46 heavy (non-hydrogen) atoms. The number of rotatable bonds is 4. The van der Waals surface area contributed by atoms with E-state index < -0.39 is 41.7 Å². The number of ketones is 1. The van der Waals surface area contributed by atoms with Gasteiger partial charge in [-0.25, -0.2) is 39.2 Å². The third-order valence-electron chi connectivity index (χ3n) is 6.04. The van der Waals surface area contributed by atoms with Crippen molar-refractivity contribution in [3.8, 4) is 0 Å². The Morgan fingerprint density at radius 2 is 0.978 bits per heavy atom. The van der Waals surface area contributed by atoms with Crippen LogP contribution in [0.3, 0.4) is 0 Å². The van der Waals surface area contributed by atoms with Crippen LogP contribution in [0.25, 0.3) is 0 Å². The molecular formula is C32H42N4O10. The lowest BCUT2D eigenvalue weighted by Gasteiger charge is -2.29. The first-order valence-corrected chi connectivity index (χ1v) is 14.7. The number of hydrazine groups is 2. The number of benzene rings is 2. The monoisotopic (exact) mass is 642 g/mol. The summed E-state index contributed by atoms with van der Waals surface area (Å²) in [5.41, 5.74) is 0.242. The lowest BCUT2D eigenvalue weighted by molar-refractivity contribution is -0.116. The van der Waals surface area contributed by atoms with Crippen LogP contribution in [0.5, 0.6) is 0 Å². The zero-order chi connectivity index (χ0) is 34.1. The van der Waals surface area contributed by atoms with Crippen LogP contribution in [-0.4, -0.2) is 98.8 Å². The summed E-state index contributed by atoms with van der Waals surface area (Å²) in [6.45, 7) is 10.1. The summed E-state index contributed by atoms with van der Waals surface area (Å²) in [5.74, 6) is -0.257. The highest BCUT2D eigenvalue weighted by molar-refractivity contribution is 5.92. The van der Waals surface area contributed by atoms with Crippen molar-refractivity contribution in [3.05, 3.63) is 71.8 Å². The first-order valence-electron chi connectivity index (χ1n) is 14.7. The minimum atomic E-state index is -0.827. The largest absolute Gasteiger partial charge is 0.443 e. The van der Waals surface area contributed by atoms with Gasteiger partial charge in [-0.15, -0.1) is 0 Å². The molecule has 0 aliphatic carbocycles. The topological polar surface area (TPSA) is 155 Å². The molecular weight excluding hydrogens is 600 g/mol. The van der Waals surface area contributed by atoms with Crippen molar-refractivity contribution in [2.45, 2.75) is 72.1 Å². The number of nitrogens with zero attached hydrogens (tertiary/aromatic N) is 4. The summed E-state index contributed by atoms with van der Waals surface area (Å²) in [4.78, 5) is 60.2. The lowest BCUT2D eigenvalue weighted by Crippen LogP contribution is -2.47. The van der Waals surface area contributed by atoms with Crippen LogP contribution in [0.15, 0.2) is 60.7 Å². The molecule has 250 valence electrons. The molecule has 0 saturated carbocycles. The fraction of sp³-hybridized carbons (Fsp3) is 0.469. The number of carbonyl (C=O) groups excluding carboxylic acids is 5. The molecule has 4 amide bonds. The van der Waals surface area contributed by atoms with E-state index in [0.717, 1.165) is 31.2 Å². The highest BCUT2D eigenvalue weighted by Gasteiger charge is 2.40. The van der Waals surface area contributed by atoms with Crippen molar-refractivity contribution < 1.29 is 48.0 Å². The molecule has 2 saturated heterocycles. The average molecular weight is 643 g/mol. The summed E-state index contributed by atoms with van der Waals surface area (Å²) in [5, 5.41) is 13.8. The van der Waals surface area contributed by atoms with Gasteiger partial charge in [0.1, 0.15) is 37.5 Å². The molecule has 0 aromatic heterocycles. The number of aliphatic hydroxyl groups excluding tert-OH is 1. The smallest absolute Gasteiger partial charge is 0.429 e. The summed E-state index contributed by atoms with van der Waals surface area (Å²) in [6.07, 6.45) is -3.72. The predicted molar refractivity (Wildman–Crippen MR) is 164 cm³/mol. The highest BCUT2D eigenvalue weighted by Crippen LogP contribution is 2.19. The normalized spacial score (nSPS) is 16.4. The Kier molecular flexibility index (Phi) is 12.0. The Morgan fingerprint density at radius 3 is 1.39 bits per heavy atom. The molecule has 2 aliphatic heterocycles. The molecule has 2 aromatic rings. The second-order valence-electron chi connectivity index (χ2n) is 12.5. The molecule has 2 aliphatic rings. The molecule has 1 N–H and O–H groups in total. The maximum absolute atomic E-state index is 12.2. The van der Waals surface area contributed by atoms with Crippen LogP contribution in [0, 0.1) is 0 Å². The van der Waals surface area contributed by atoms with E-state index in [1.807, 2.05) is 60.7 Å². The minimum Gasteiger partial charge on any atom is -0.443 e. The van der Waals surface area contributed by atoms with Crippen LogP contribution in [-0.2, 0) is 37.0 Å². The van der Waals surface area contributed by atoms with Gasteiger partial charge in [0, 0.05) is 0 Å². The number of hydrogen-bond donors (Lipinski definition) is 1. The first-order chi connectivity index (χ1) is 21.5. The Morgan fingerprint density at radius 1 is 0.630 bits per heavy atom. The lowest BCUT2D eigenvalue weighted by atomic mass is 10.2. The zero-order valence-electron chi connectivity index (χ0n) is 27.0. The maximum Gasteiger partial charge on any atom is 0.429 e. The van der Waals surface area contributed by atoms with Crippen LogP contribution in [0.4, 0.5) is 19.2 Å². The molecule has 14 nitrogen and oxygen atoms in total. The van der Waals surface area contributed by atoms with Gasteiger partial charge in [0.05, 0.1) is 19.2 Å². The number of hydrogen-bond acceptors (Lipinski definition) is 10. The molecule has 2 fully saturated rings. The molecule has 1 unspecified atom stereocenters. The third kappa shape index (κ3) is 11.3. The van der Waals surface area contributed by atoms with Gasteiger partial charge in [0.2, 0.25) is 0 Å². The van der Waals surface area contributed by atoms with Gasteiger partial charge in [-0.05, 0) is 52.7 Å². The van der Waals surface area contributed by atoms with Gasteiger partial charge in [-0.3, -0.25) is 4.79 Å². The Balaban J connectivity index is 0.000000250. The predicted octanol–water partition coefficient (Wildman–Crippen LogP) is 4.51. The summed E-state index contributed by atoms with van der Waals surface area (Å²) in [7, 11) is 0. The van der Waals surface area contributed by atoms with Gasteiger partial charge in [-0.2, -0.15) is 0 Å². The number of Topliss-reactive ketones (excluding diaryl/α,β-unsaturated/α-hetero) is 1. The van der Waals surface area contributed by atoms with Crippen LogP contribution in [0.1, 0.15) is 52.7 Å². The van der Waals surface area contributed by atoms with Crippen molar-refractivity contribution in [3.63, 3.8) is 0 Å².